The van der Waals surface area contributed by atoms with Gasteiger partial charge in [-0.15, -0.1) is 0 Å². The molecule has 0 bridgehead atoms. The fourth-order valence-corrected chi connectivity index (χ4v) is 2.76. The highest BCUT2D eigenvalue weighted by molar-refractivity contribution is 4.91. The van der Waals surface area contributed by atoms with Gasteiger partial charge in [-0.2, -0.15) is 0 Å². The van der Waals surface area contributed by atoms with Crippen molar-refractivity contribution in [3.05, 3.63) is 0 Å². The minimum atomic E-state index is 0.798. The lowest BCUT2D eigenvalue weighted by atomic mass is 10.1. The van der Waals surface area contributed by atoms with Crippen LogP contribution >= 0.6 is 0 Å². The van der Waals surface area contributed by atoms with Crippen LogP contribution in [-0.2, 0) is 0 Å². The zero-order valence-electron chi connectivity index (χ0n) is 10.9. The standard InChI is InChI=1S/C14H28N2/c1-2-3-4-5-6-10-15-13-9-11-16(12-13)14-7-8-14/h13-15H,2-12H2,1H3. The minimum Gasteiger partial charge on any atom is -0.313 e. The van der Waals surface area contributed by atoms with Crippen LogP contribution in [0.15, 0.2) is 0 Å². The molecule has 1 aliphatic carbocycles. The Kier molecular flexibility index (Phi) is 5.11. The van der Waals surface area contributed by atoms with Crippen molar-refractivity contribution in [1.82, 2.24) is 10.2 Å². The third-order valence-electron chi connectivity index (χ3n) is 4.00. The molecule has 1 aliphatic heterocycles. The molecule has 2 rings (SSSR count). The highest BCUT2D eigenvalue weighted by atomic mass is 15.2. The third-order valence-corrected chi connectivity index (χ3v) is 4.00. The van der Waals surface area contributed by atoms with E-state index in [-0.39, 0.29) is 0 Å². The predicted octanol–water partition coefficient (Wildman–Crippen LogP) is 2.78. The SMILES string of the molecule is CCCCCCCNC1CCN(C2CC2)C1. The second kappa shape index (κ2) is 6.61. The smallest absolute Gasteiger partial charge is 0.0207 e. The van der Waals surface area contributed by atoms with Gasteiger partial charge in [-0.3, -0.25) is 4.90 Å². The first-order valence-electron chi connectivity index (χ1n) is 7.37. The van der Waals surface area contributed by atoms with E-state index in [1.165, 1.54) is 71.0 Å². The molecule has 2 nitrogen and oxygen atoms in total. The highest BCUT2D eigenvalue weighted by Crippen LogP contribution is 2.29. The van der Waals surface area contributed by atoms with Crippen LogP contribution in [0.25, 0.3) is 0 Å². The lowest BCUT2D eigenvalue weighted by Gasteiger charge is -2.15. The Hall–Kier alpha value is -0.0800. The molecule has 2 fully saturated rings. The van der Waals surface area contributed by atoms with Crippen LogP contribution in [0, 0.1) is 0 Å². The summed E-state index contributed by atoms with van der Waals surface area (Å²) in [6, 6.07) is 1.77. The molecule has 2 aliphatic rings. The van der Waals surface area contributed by atoms with Crippen molar-refractivity contribution in [2.24, 2.45) is 0 Å². The number of nitrogens with one attached hydrogen (secondary N) is 1. The van der Waals surface area contributed by atoms with Crippen LogP contribution in [0.5, 0.6) is 0 Å². The van der Waals surface area contributed by atoms with Gasteiger partial charge in [0, 0.05) is 25.2 Å². The van der Waals surface area contributed by atoms with Crippen LogP contribution in [0.4, 0.5) is 0 Å². The maximum Gasteiger partial charge on any atom is 0.0207 e. The largest absolute Gasteiger partial charge is 0.313 e. The third kappa shape index (κ3) is 4.06. The molecule has 0 spiro atoms. The summed E-state index contributed by atoms with van der Waals surface area (Å²) in [5, 5.41) is 3.73. The molecule has 0 aromatic heterocycles. The number of hydrogen-bond donors (Lipinski definition) is 1. The second-order valence-electron chi connectivity index (χ2n) is 5.58. The zero-order valence-corrected chi connectivity index (χ0v) is 10.9. The van der Waals surface area contributed by atoms with E-state index < -0.39 is 0 Å². The molecule has 2 heteroatoms. The first-order valence-corrected chi connectivity index (χ1v) is 7.37. The fraction of sp³-hybridized carbons (Fsp3) is 1.00. The Bertz CT molecular complexity index is 189. The van der Waals surface area contributed by atoms with E-state index in [1.54, 1.807) is 0 Å². The van der Waals surface area contributed by atoms with Crippen LogP contribution in [-0.4, -0.2) is 36.6 Å². The van der Waals surface area contributed by atoms with Gasteiger partial charge >= 0.3 is 0 Å². The fourth-order valence-electron chi connectivity index (χ4n) is 2.76. The maximum absolute atomic E-state index is 3.73. The molecule has 1 saturated carbocycles. The Morgan fingerprint density at radius 3 is 2.62 bits per heavy atom. The van der Waals surface area contributed by atoms with Crippen molar-refractivity contribution in [1.29, 1.82) is 0 Å². The summed E-state index contributed by atoms with van der Waals surface area (Å²) < 4.78 is 0. The number of hydrogen-bond acceptors (Lipinski definition) is 2. The molecule has 1 N–H and O–H groups in total. The van der Waals surface area contributed by atoms with E-state index >= 15 is 0 Å². The molecular formula is C14H28N2. The van der Waals surface area contributed by atoms with Gasteiger partial charge in [0.25, 0.3) is 0 Å². The van der Waals surface area contributed by atoms with Gasteiger partial charge in [-0.25, -0.2) is 0 Å². The van der Waals surface area contributed by atoms with E-state index in [0.29, 0.717) is 0 Å². The monoisotopic (exact) mass is 224 g/mol. The van der Waals surface area contributed by atoms with Crippen molar-refractivity contribution >= 4 is 0 Å². The molecule has 1 heterocycles. The Morgan fingerprint density at radius 1 is 1.06 bits per heavy atom. The van der Waals surface area contributed by atoms with E-state index in [2.05, 4.69) is 17.1 Å². The molecule has 16 heavy (non-hydrogen) atoms. The number of unbranched alkanes of at least 4 members (excludes halogenated alkanes) is 4. The van der Waals surface area contributed by atoms with Crippen molar-refractivity contribution in [3.63, 3.8) is 0 Å². The van der Waals surface area contributed by atoms with Gasteiger partial charge in [0.05, 0.1) is 0 Å². The molecule has 1 saturated heterocycles. The summed E-state index contributed by atoms with van der Waals surface area (Å²) in [5.74, 6) is 0. The predicted molar refractivity (Wildman–Crippen MR) is 69.8 cm³/mol. The maximum atomic E-state index is 3.73. The summed E-state index contributed by atoms with van der Waals surface area (Å²) in [5.41, 5.74) is 0. The quantitative estimate of drug-likeness (QED) is 0.638. The molecule has 0 aromatic rings. The zero-order chi connectivity index (χ0) is 11.2. The molecule has 94 valence electrons. The van der Waals surface area contributed by atoms with Crippen LogP contribution in [0.2, 0.25) is 0 Å². The van der Waals surface area contributed by atoms with Gasteiger partial charge < -0.3 is 5.32 Å². The number of rotatable bonds is 8. The van der Waals surface area contributed by atoms with Crippen LogP contribution in [0.3, 0.4) is 0 Å². The van der Waals surface area contributed by atoms with Crippen LogP contribution in [0.1, 0.15) is 58.3 Å². The van der Waals surface area contributed by atoms with Crippen molar-refractivity contribution in [2.45, 2.75) is 70.4 Å². The Balaban J connectivity index is 1.44. The van der Waals surface area contributed by atoms with E-state index in [1.807, 2.05) is 0 Å². The normalized spacial score (nSPS) is 26.4. The van der Waals surface area contributed by atoms with E-state index in [9.17, 15) is 0 Å². The molecule has 0 amide bonds. The van der Waals surface area contributed by atoms with Gasteiger partial charge in [0.1, 0.15) is 0 Å². The van der Waals surface area contributed by atoms with Gasteiger partial charge in [0.2, 0.25) is 0 Å². The number of nitrogens with zero attached hydrogens (tertiary/aromatic N) is 1. The summed E-state index contributed by atoms with van der Waals surface area (Å²) in [7, 11) is 0. The Labute approximate surface area is 101 Å². The lowest BCUT2D eigenvalue weighted by molar-refractivity contribution is 0.317. The van der Waals surface area contributed by atoms with E-state index in [0.717, 1.165) is 12.1 Å². The second-order valence-corrected chi connectivity index (χ2v) is 5.58. The summed E-state index contributed by atoms with van der Waals surface area (Å²) in [4.78, 5) is 2.69. The first-order chi connectivity index (χ1) is 7.90. The molecule has 0 radical (unpaired) electrons. The lowest BCUT2D eigenvalue weighted by Crippen LogP contribution is -2.33. The topological polar surface area (TPSA) is 15.3 Å². The van der Waals surface area contributed by atoms with Crippen LogP contribution < -0.4 is 5.32 Å². The summed E-state index contributed by atoms with van der Waals surface area (Å²) in [6.45, 7) is 6.19. The van der Waals surface area contributed by atoms with Gasteiger partial charge in [-0.05, 0) is 32.2 Å². The van der Waals surface area contributed by atoms with Gasteiger partial charge in [-0.1, -0.05) is 32.6 Å². The molecule has 1 unspecified atom stereocenters. The van der Waals surface area contributed by atoms with Crippen molar-refractivity contribution < 1.29 is 0 Å². The van der Waals surface area contributed by atoms with Gasteiger partial charge in [0.15, 0.2) is 0 Å². The average molecular weight is 224 g/mol. The number of likely N-dealkylation sites (tertiary alicyclic amines) is 1. The minimum absolute atomic E-state index is 0.798. The highest BCUT2D eigenvalue weighted by Gasteiger charge is 2.33. The molecule has 0 aromatic carbocycles. The van der Waals surface area contributed by atoms with Crippen molar-refractivity contribution in [3.8, 4) is 0 Å². The molecule has 1 atom stereocenters. The van der Waals surface area contributed by atoms with E-state index in [4.69, 9.17) is 0 Å². The van der Waals surface area contributed by atoms with Crippen molar-refractivity contribution in [2.75, 3.05) is 19.6 Å². The Morgan fingerprint density at radius 2 is 1.88 bits per heavy atom. The summed E-state index contributed by atoms with van der Waals surface area (Å²) in [6.07, 6.45) is 11.3. The average Bonchev–Trinajstić information content (AvgIpc) is 3.04. The summed E-state index contributed by atoms with van der Waals surface area (Å²) >= 11 is 0. The molecular weight excluding hydrogens is 196 g/mol. The first kappa shape index (κ1) is 12.4.